The molecule has 0 saturated carbocycles. The van der Waals surface area contributed by atoms with Crippen LogP contribution in [-0.4, -0.2) is 13.3 Å². The van der Waals surface area contributed by atoms with Gasteiger partial charge in [0, 0.05) is 17.7 Å². The quantitative estimate of drug-likeness (QED) is 0.483. The Hall–Kier alpha value is -2.67. The Kier molecular flexibility index (Phi) is 2.99. The van der Waals surface area contributed by atoms with Gasteiger partial charge in [0.25, 0.3) is 5.69 Å². The second-order valence-corrected chi connectivity index (χ2v) is 5.91. The van der Waals surface area contributed by atoms with Gasteiger partial charge < -0.3 is 4.18 Å². The summed E-state index contributed by atoms with van der Waals surface area (Å²) in [7, 11) is -3.93. The van der Waals surface area contributed by atoms with Gasteiger partial charge in [0.1, 0.15) is 4.91 Å². The summed E-state index contributed by atoms with van der Waals surface area (Å²) < 4.78 is 29.3. The van der Waals surface area contributed by atoms with Crippen LogP contribution in [0, 0.1) is 10.1 Å². The first kappa shape index (κ1) is 13.3. The second-order valence-electron chi connectivity index (χ2n) is 4.39. The van der Waals surface area contributed by atoms with Crippen LogP contribution in [0.1, 0.15) is 11.1 Å². The first-order valence-electron chi connectivity index (χ1n) is 5.97. The van der Waals surface area contributed by atoms with Gasteiger partial charge in [-0.1, -0.05) is 30.3 Å². The highest BCUT2D eigenvalue weighted by Crippen LogP contribution is 2.37. The number of hydrogen-bond acceptors (Lipinski definition) is 5. The SMILES string of the molecule is O=[N+]([O-])c1ccc2c(c1)C=C(c1ccccc1)S(=O)(=O)O2. The summed E-state index contributed by atoms with van der Waals surface area (Å²) in [6, 6.07) is 12.2. The molecule has 2 aromatic rings. The van der Waals surface area contributed by atoms with Crippen molar-refractivity contribution >= 4 is 26.8 Å². The summed E-state index contributed by atoms with van der Waals surface area (Å²) in [5.41, 5.74) is 0.702. The molecule has 1 heterocycles. The van der Waals surface area contributed by atoms with Gasteiger partial charge in [-0.3, -0.25) is 10.1 Å². The van der Waals surface area contributed by atoms with E-state index in [0.717, 1.165) is 0 Å². The fourth-order valence-electron chi connectivity index (χ4n) is 2.04. The molecular formula is C14H9NO5S. The molecule has 2 aromatic carbocycles. The van der Waals surface area contributed by atoms with E-state index in [0.29, 0.717) is 11.1 Å². The van der Waals surface area contributed by atoms with E-state index in [9.17, 15) is 18.5 Å². The molecule has 6 nitrogen and oxygen atoms in total. The Labute approximate surface area is 120 Å². The van der Waals surface area contributed by atoms with E-state index < -0.39 is 15.0 Å². The third kappa shape index (κ3) is 2.38. The minimum atomic E-state index is -3.93. The van der Waals surface area contributed by atoms with Crippen LogP contribution in [0.15, 0.2) is 48.5 Å². The van der Waals surface area contributed by atoms with Gasteiger partial charge in [0.05, 0.1) is 4.92 Å². The fraction of sp³-hybridized carbons (Fsp3) is 0. The molecule has 0 radical (unpaired) electrons. The van der Waals surface area contributed by atoms with E-state index in [1.165, 1.54) is 24.3 Å². The molecule has 106 valence electrons. The summed E-state index contributed by atoms with van der Waals surface area (Å²) in [6.07, 6.45) is 1.39. The van der Waals surface area contributed by atoms with Gasteiger partial charge in [-0.15, -0.1) is 0 Å². The number of hydrogen-bond donors (Lipinski definition) is 0. The van der Waals surface area contributed by atoms with Gasteiger partial charge in [-0.2, -0.15) is 8.42 Å². The van der Waals surface area contributed by atoms with E-state index in [1.54, 1.807) is 30.3 Å². The molecule has 0 bridgehead atoms. The zero-order valence-electron chi connectivity index (χ0n) is 10.6. The molecule has 0 fully saturated rings. The molecule has 0 spiro atoms. The molecule has 21 heavy (non-hydrogen) atoms. The Morgan fingerprint density at radius 3 is 2.43 bits per heavy atom. The third-order valence-electron chi connectivity index (χ3n) is 3.02. The average molecular weight is 303 g/mol. The number of nitrogens with zero attached hydrogens (tertiary/aromatic N) is 1. The summed E-state index contributed by atoms with van der Waals surface area (Å²) in [6.45, 7) is 0. The fourth-order valence-corrected chi connectivity index (χ4v) is 3.22. The normalized spacial score (nSPS) is 15.5. The summed E-state index contributed by atoms with van der Waals surface area (Å²) >= 11 is 0. The maximum Gasteiger partial charge on any atom is 0.339 e. The molecule has 0 atom stereocenters. The number of nitro groups is 1. The smallest absolute Gasteiger partial charge is 0.339 e. The lowest BCUT2D eigenvalue weighted by molar-refractivity contribution is -0.384. The largest absolute Gasteiger partial charge is 0.378 e. The molecule has 0 unspecified atom stereocenters. The number of fused-ring (bicyclic) bond motifs is 1. The van der Waals surface area contributed by atoms with Crippen LogP contribution in [0.5, 0.6) is 5.75 Å². The number of nitro benzene ring substituents is 1. The summed E-state index contributed by atoms with van der Waals surface area (Å²) in [4.78, 5) is 10.2. The lowest BCUT2D eigenvalue weighted by atomic mass is 10.1. The number of non-ortho nitro benzene ring substituents is 1. The predicted octanol–water partition coefficient (Wildman–Crippen LogP) is 2.82. The highest BCUT2D eigenvalue weighted by Gasteiger charge is 2.28. The molecule has 0 aromatic heterocycles. The highest BCUT2D eigenvalue weighted by molar-refractivity contribution is 7.97. The predicted molar refractivity (Wildman–Crippen MR) is 77.0 cm³/mol. The van der Waals surface area contributed by atoms with Crippen LogP contribution < -0.4 is 4.18 Å². The first-order valence-corrected chi connectivity index (χ1v) is 7.38. The van der Waals surface area contributed by atoms with Crippen molar-refractivity contribution in [3.8, 4) is 5.75 Å². The van der Waals surface area contributed by atoms with Crippen molar-refractivity contribution in [2.24, 2.45) is 0 Å². The highest BCUT2D eigenvalue weighted by atomic mass is 32.2. The molecule has 0 aliphatic carbocycles. The van der Waals surface area contributed by atoms with E-state index in [2.05, 4.69) is 0 Å². The van der Waals surface area contributed by atoms with Gasteiger partial charge in [-0.25, -0.2) is 0 Å². The van der Waals surface area contributed by atoms with E-state index in [1.807, 2.05) is 0 Å². The van der Waals surface area contributed by atoms with Crippen molar-refractivity contribution in [2.75, 3.05) is 0 Å². The van der Waals surface area contributed by atoms with E-state index in [4.69, 9.17) is 4.18 Å². The maximum absolute atomic E-state index is 12.1. The molecule has 0 N–H and O–H groups in total. The van der Waals surface area contributed by atoms with Gasteiger partial charge in [0.15, 0.2) is 5.75 Å². The minimum absolute atomic E-state index is 0.0175. The van der Waals surface area contributed by atoms with Crippen molar-refractivity contribution in [1.82, 2.24) is 0 Å². The number of rotatable bonds is 2. The van der Waals surface area contributed by atoms with Crippen molar-refractivity contribution in [3.05, 3.63) is 69.8 Å². The summed E-state index contributed by atoms with van der Waals surface area (Å²) in [5.74, 6) is 0.0836. The lowest BCUT2D eigenvalue weighted by Gasteiger charge is -2.17. The lowest BCUT2D eigenvalue weighted by Crippen LogP contribution is -2.15. The van der Waals surface area contributed by atoms with E-state index in [-0.39, 0.29) is 16.3 Å². The molecule has 1 aliphatic rings. The van der Waals surface area contributed by atoms with Gasteiger partial charge in [0.2, 0.25) is 0 Å². The van der Waals surface area contributed by atoms with Crippen molar-refractivity contribution in [1.29, 1.82) is 0 Å². The van der Waals surface area contributed by atoms with Crippen LogP contribution in [0.4, 0.5) is 5.69 Å². The van der Waals surface area contributed by atoms with E-state index >= 15 is 0 Å². The molecule has 0 saturated heterocycles. The Morgan fingerprint density at radius 2 is 1.76 bits per heavy atom. The standard InChI is InChI=1S/C14H9NO5S/c16-15(17)12-6-7-13-11(8-12)9-14(21(18,19)20-13)10-4-2-1-3-5-10/h1-9H. The van der Waals surface area contributed by atoms with Crippen molar-refractivity contribution < 1.29 is 17.5 Å². The first-order chi connectivity index (χ1) is 9.97. The molecule has 0 amide bonds. The van der Waals surface area contributed by atoms with Crippen LogP contribution in [0.2, 0.25) is 0 Å². The van der Waals surface area contributed by atoms with Crippen LogP contribution in [0.25, 0.3) is 11.0 Å². The zero-order valence-corrected chi connectivity index (χ0v) is 11.4. The topological polar surface area (TPSA) is 86.5 Å². The minimum Gasteiger partial charge on any atom is -0.378 e. The molecular weight excluding hydrogens is 294 g/mol. The maximum atomic E-state index is 12.1. The van der Waals surface area contributed by atoms with Crippen LogP contribution in [-0.2, 0) is 10.1 Å². The van der Waals surface area contributed by atoms with Crippen LogP contribution >= 0.6 is 0 Å². The second kappa shape index (κ2) is 4.71. The van der Waals surface area contributed by atoms with Gasteiger partial charge >= 0.3 is 10.1 Å². The Bertz CT molecular complexity index is 856. The average Bonchev–Trinajstić information content (AvgIpc) is 2.46. The Balaban J connectivity index is 2.20. The molecule has 1 aliphatic heterocycles. The number of benzene rings is 2. The summed E-state index contributed by atoms with van der Waals surface area (Å²) in [5, 5.41) is 10.8. The molecule has 3 rings (SSSR count). The zero-order chi connectivity index (χ0) is 15.0. The Morgan fingerprint density at radius 1 is 1.05 bits per heavy atom. The molecule has 7 heteroatoms. The van der Waals surface area contributed by atoms with Crippen molar-refractivity contribution in [3.63, 3.8) is 0 Å². The van der Waals surface area contributed by atoms with Gasteiger partial charge in [-0.05, 0) is 17.7 Å². The van der Waals surface area contributed by atoms with Crippen molar-refractivity contribution in [2.45, 2.75) is 0 Å². The monoisotopic (exact) mass is 303 g/mol. The van der Waals surface area contributed by atoms with Crippen LogP contribution in [0.3, 0.4) is 0 Å². The third-order valence-corrected chi connectivity index (χ3v) is 4.31.